The van der Waals surface area contributed by atoms with E-state index in [9.17, 15) is 9.59 Å². The number of rotatable bonds is 4. The molecule has 2 rings (SSSR count). The van der Waals surface area contributed by atoms with E-state index >= 15 is 0 Å². The van der Waals surface area contributed by atoms with Gasteiger partial charge in [-0.2, -0.15) is 0 Å². The van der Waals surface area contributed by atoms with Gasteiger partial charge in [0, 0.05) is 18.9 Å². The van der Waals surface area contributed by atoms with Gasteiger partial charge in [0.15, 0.2) is 5.78 Å². The maximum Gasteiger partial charge on any atom is 0.201 e. The standard InChI is InChI=1S/C15H22O3/c1-3-5-6-10-7-12-11(8-13(16)15(12)17)9-14(10)18-4-2/h3,5,10-12,14H,4,6-9H2,1-2H3. The van der Waals surface area contributed by atoms with Crippen molar-refractivity contribution < 1.29 is 14.3 Å². The van der Waals surface area contributed by atoms with Gasteiger partial charge < -0.3 is 4.74 Å². The van der Waals surface area contributed by atoms with Gasteiger partial charge in [-0.15, -0.1) is 0 Å². The van der Waals surface area contributed by atoms with Gasteiger partial charge in [0.2, 0.25) is 5.78 Å². The molecule has 100 valence electrons. The highest BCUT2D eigenvalue weighted by Crippen LogP contribution is 2.43. The smallest absolute Gasteiger partial charge is 0.201 e. The number of Topliss-reactive ketones (excluding diaryl/α,β-unsaturated/α-hetero) is 2. The predicted octanol–water partition coefficient (Wildman–Crippen LogP) is 2.54. The maximum atomic E-state index is 11.8. The molecule has 0 amide bonds. The van der Waals surface area contributed by atoms with Crippen LogP contribution in [0.4, 0.5) is 0 Å². The van der Waals surface area contributed by atoms with Crippen molar-refractivity contribution in [2.24, 2.45) is 17.8 Å². The molecular weight excluding hydrogens is 228 g/mol. The van der Waals surface area contributed by atoms with E-state index in [1.54, 1.807) is 0 Å². The summed E-state index contributed by atoms with van der Waals surface area (Å²) < 4.78 is 5.81. The second kappa shape index (κ2) is 5.79. The number of fused-ring (bicyclic) bond motifs is 1. The average molecular weight is 250 g/mol. The zero-order valence-corrected chi connectivity index (χ0v) is 11.2. The van der Waals surface area contributed by atoms with E-state index in [0.29, 0.717) is 18.9 Å². The van der Waals surface area contributed by atoms with E-state index in [0.717, 1.165) is 19.3 Å². The first-order valence-corrected chi connectivity index (χ1v) is 6.97. The minimum Gasteiger partial charge on any atom is -0.378 e. The Morgan fingerprint density at radius 2 is 2.11 bits per heavy atom. The largest absolute Gasteiger partial charge is 0.378 e. The Balaban J connectivity index is 2.08. The van der Waals surface area contributed by atoms with Crippen LogP contribution in [0, 0.1) is 17.8 Å². The second-order valence-electron chi connectivity index (χ2n) is 5.39. The quantitative estimate of drug-likeness (QED) is 0.569. The molecule has 18 heavy (non-hydrogen) atoms. The van der Waals surface area contributed by atoms with Crippen molar-refractivity contribution >= 4 is 11.6 Å². The summed E-state index contributed by atoms with van der Waals surface area (Å²) in [4.78, 5) is 23.3. The van der Waals surface area contributed by atoms with Crippen molar-refractivity contribution in [3.8, 4) is 0 Å². The summed E-state index contributed by atoms with van der Waals surface area (Å²) in [5.74, 6) is 0.317. The molecular formula is C15H22O3. The van der Waals surface area contributed by atoms with Crippen molar-refractivity contribution in [3.05, 3.63) is 12.2 Å². The molecule has 2 aliphatic carbocycles. The predicted molar refractivity (Wildman–Crippen MR) is 69.2 cm³/mol. The van der Waals surface area contributed by atoms with Crippen LogP contribution in [0.25, 0.3) is 0 Å². The monoisotopic (exact) mass is 250 g/mol. The average Bonchev–Trinajstić information content (AvgIpc) is 2.63. The highest BCUT2D eigenvalue weighted by Gasteiger charge is 2.47. The summed E-state index contributed by atoms with van der Waals surface area (Å²) in [5, 5.41) is 0. The van der Waals surface area contributed by atoms with Gasteiger partial charge in [-0.3, -0.25) is 9.59 Å². The Bertz CT molecular complexity index is 359. The third-order valence-electron chi connectivity index (χ3n) is 4.30. The zero-order chi connectivity index (χ0) is 13.1. The molecule has 0 radical (unpaired) electrons. The van der Waals surface area contributed by atoms with Gasteiger partial charge in [0.25, 0.3) is 0 Å². The Morgan fingerprint density at radius 1 is 1.33 bits per heavy atom. The number of ether oxygens (including phenoxy) is 1. The summed E-state index contributed by atoms with van der Waals surface area (Å²) in [6.07, 6.45) is 7.48. The Kier molecular flexibility index (Phi) is 4.33. The molecule has 0 aromatic carbocycles. The lowest BCUT2D eigenvalue weighted by Crippen LogP contribution is -2.37. The molecule has 0 spiro atoms. The van der Waals surface area contributed by atoms with Crippen molar-refractivity contribution in [1.82, 2.24) is 0 Å². The molecule has 3 heteroatoms. The van der Waals surface area contributed by atoms with E-state index in [1.807, 2.05) is 19.9 Å². The van der Waals surface area contributed by atoms with Gasteiger partial charge in [0.05, 0.1) is 6.10 Å². The molecule has 2 saturated carbocycles. The molecule has 0 N–H and O–H groups in total. The molecule has 0 aliphatic heterocycles. The lowest BCUT2D eigenvalue weighted by atomic mass is 9.72. The molecule has 4 unspecified atom stereocenters. The van der Waals surface area contributed by atoms with E-state index in [1.165, 1.54) is 0 Å². The van der Waals surface area contributed by atoms with Gasteiger partial charge in [-0.1, -0.05) is 12.2 Å². The molecule has 2 fully saturated rings. The number of hydrogen-bond acceptors (Lipinski definition) is 3. The number of hydrogen-bond donors (Lipinski definition) is 0. The summed E-state index contributed by atoms with van der Waals surface area (Å²) in [6, 6.07) is 0. The summed E-state index contributed by atoms with van der Waals surface area (Å²) >= 11 is 0. The third-order valence-corrected chi connectivity index (χ3v) is 4.30. The van der Waals surface area contributed by atoms with Gasteiger partial charge in [0.1, 0.15) is 0 Å². The Morgan fingerprint density at radius 3 is 2.78 bits per heavy atom. The highest BCUT2D eigenvalue weighted by molar-refractivity contribution is 6.40. The van der Waals surface area contributed by atoms with Crippen LogP contribution in [0.1, 0.15) is 39.5 Å². The Hall–Kier alpha value is -0.960. The highest BCUT2D eigenvalue weighted by atomic mass is 16.5. The summed E-state index contributed by atoms with van der Waals surface area (Å²) in [5.41, 5.74) is 0. The van der Waals surface area contributed by atoms with Crippen LogP contribution in [0.2, 0.25) is 0 Å². The molecule has 0 heterocycles. The summed E-state index contributed by atoms with van der Waals surface area (Å²) in [7, 11) is 0. The van der Waals surface area contributed by atoms with E-state index in [4.69, 9.17) is 4.74 Å². The fourth-order valence-corrected chi connectivity index (χ4v) is 3.39. The lowest BCUT2D eigenvalue weighted by Gasteiger charge is -2.36. The molecule has 0 bridgehead atoms. The fourth-order valence-electron chi connectivity index (χ4n) is 3.39. The molecule has 0 saturated heterocycles. The third kappa shape index (κ3) is 2.56. The van der Waals surface area contributed by atoms with E-state index in [-0.39, 0.29) is 29.5 Å². The topological polar surface area (TPSA) is 43.4 Å². The lowest BCUT2D eigenvalue weighted by molar-refractivity contribution is -0.136. The van der Waals surface area contributed by atoms with Crippen LogP contribution < -0.4 is 0 Å². The van der Waals surface area contributed by atoms with E-state index in [2.05, 4.69) is 6.08 Å². The molecule has 3 nitrogen and oxygen atoms in total. The normalized spacial score (nSPS) is 36.3. The van der Waals surface area contributed by atoms with Crippen LogP contribution in [0.5, 0.6) is 0 Å². The first kappa shape index (κ1) is 13.5. The molecule has 0 aromatic heterocycles. The van der Waals surface area contributed by atoms with Crippen molar-refractivity contribution in [2.45, 2.75) is 45.6 Å². The first-order valence-electron chi connectivity index (χ1n) is 6.97. The van der Waals surface area contributed by atoms with Crippen molar-refractivity contribution in [3.63, 3.8) is 0 Å². The van der Waals surface area contributed by atoms with Crippen LogP contribution in [0.15, 0.2) is 12.2 Å². The number of ketones is 2. The van der Waals surface area contributed by atoms with Crippen molar-refractivity contribution in [1.29, 1.82) is 0 Å². The number of allylic oxidation sites excluding steroid dienone is 2. The first-order chi connectivity index (χ1) is 8.67. The van der Waals surface area contributed by atoms with Crippen LogP contribution in [-0.2, 0) is 14.3 Å². The minimum atomic E-state index is -0.160. The van der Waals surface area contributed by atoms with Crippen molar-refractivity contribution in [2.75, 3.05) is 6.61 Å². The number of carbonyl (C=O) groups is 2. The van der Waals surface area contributed by atoms with E-state index < -0.39 is 0 Å². The molecule has 0 aromatic rings. The number of carbonyl (C=O) groups excluding carboxylic acids is 2. The zero-order valence-electron chi connectivity index (χ0n) is 11.2. The van der Waals surface area contributed by atoms with Gasteiger partial charge in [-0.25, -0.2) is 0 Å². The van der Waals surface area contributed by atoms with Crippen LogP contribution in [0.3, 0.4) is 0 Å². The Labute approximate surface area is 109 Å². The van der Waals surface area contributed by atoms with Gasteiger partial charge in [-0.05, 0) is 44.9 Å². The van der Waals surface area contributed by atoms with Gasteiger partial charge >= 0.3 is 0 Å². The maximum absolute atomic E-state index is 11.8. The fraction of sp³-hybridized carbons (Fsp3) is 0.733. The minimum absolute atomic E-state index is 0.0236. The second-order valence-corrected chi connectivity index (χ2v) is 5.39. The summed E-state index contributed by atoms with van der Waals surface area (Å²) in [6.45, 7) is 4.71. The SMILES string of the molecule is CC=CCC1CC2C(=O)C(=O)CC2CC1OCC. The van der Waals surface area contributed by atoms with Crippen LogP contribution >= 0.6 is 0 Å². The molecule has 4 atom stereocenters. The molecule has 2 aliphatic rings. The van der Waals surface area contributed by atoms with Crippen LogP contribution in [-0.4, -0.2) is 24.3 Å².